The second-order valence-electron chi connectivity index (χ2n) is 7.55. The molecule has 3 aliphatic heterocycles. The fraction of sp³-hybridized carbons (Fsp3) is 0.632. The minimum absolute atomic E-state index is 0.415. The summed E-state index contributed by atoms with van der Waals surface area (Å²) in [4.78, 5) is 17.0. The molecule has 0 radical (unpaired) electrons. The normalized spacial score (nSPS) is 32.0. The largest absolute Gasteiger partial charge is 0.339 e. The monoisotopic (exact) mass is 298 g/mol. The maximum atomic E-state index is 12.2. The van der Waals surface area contributed by atoms with Crippen molar-refractivity contribution in [3.63, 3.8) is 0 Å². The lowest BCUT2D eigenvalue weighted by atomic mass is 9.76. The van der Waals surface area contributed by atoms with Crippen molar-refractivity contribution in [3.8, 4) is 0 Å². The molecule has 3 nitrogen and oxygen atoms in total. The lowest BCUT2D eigenvalue weighted by Gasteiger charge is -2.52. The first-order chi connectivity index (χ1) is 10.7. The van der Waals surface area contributed by atoms with E-state index in [-0.39, 0.29) is 0 Å². The average molecular weight is 298 g/mol. The van der Waals surface area contributed by atoms with E-state index in [4.69, 9.17) is 0 Å². The molecule has 3 atom stereocenters. The van der Waals surface area contributed by atoms with E-state index in [1.54, 1.807) is 0 Å². The number of carbonyl (C=O) groups is 1. The quantitative estimate of drug-likeness (QED) is 0.838. The highest BCUT2D eigenvalue weighted by atomic mass is 16.2. The fourth-order valence-corrected chi connectivity index (χ4v) is 4.91. The van der Waals surface area contributed by atoms with E-state index in [1.807, 2.05) is 0 Å². The second kappa shape index (κ2) is 5.69. The van der Waals surface area contributed by atoms with E-state index in [0.717, 1.165) is 32.5 Å². The van der Waals surface area contributed by atoms with Crippen LogP contribution in [0.5, 0.6) is 0 Å². The summed E-state index contributed by atoms with van der Waals surface area (Å²) in [5.74, 6) is 1.79. The molecule has 0 saturated carbocycles. The first-order valence-corrected chi connectivity index (χ1v) is 8.76. The maximum Gasteiger partial charge on any atom is 0.222 e. The van der Waals surface area contributed by atoms with Gasteiger partial charge in [-0.1, -0.05) is 29.8 Å². The standard InChI is InChI=1S/C19H26N2O/c1-14-4-2-5-15(8-14)10-20-11-16-9-17(13-20)18-6-3-7-19(22)21(18)12-16/h2,4-5,8,16-18H,3,6-7,9-13H2,1H3/t16-,17-,18-/m0/s1. The molecule has 22 heavy (non-hydrogen) atoms. The lowest BCUT2D eigenvalue weighted by molar-refractivity contribution is -0.145. The van der Waals surface area contributed by atoms with Crippen molar-refractivity contribution >= 4 is 5.91 Å². The number of benzene rings is 1. The molecule has 0 aliphatic carbocycles. The smallest absolute Gasteiger partial charge is 0.222 e. The summed E-state index contributed by atoms with van der Waals surface area (Å²) < 4.78 is 0. The highest BCUT2D eigenvalue weighted by Crippen LogP contribution is 2.38. The predicted octanol–water partition coefficient (Wildman–Crippen LogP) is 2.83. The van der Waals surface area contributed by atoms with Gasteiger partial charge in [-0.2, -0.15) is 0 Å². The third-order valence-electron chi connectivity index (χ3n) is 5.74. The van der Waals surface area contributed by atoms with E-state index in [9.17, 15) is 4.79 Å². The second-order valence-corrected chi connectivity index (χ2v) is 7.55. The summed E-state index contributed by atoms with van der Waals surface area (Å²) in [5.41, 5.74) is 2.77. The number of hydrogen-bond acceptors (Lipinski definition) is 2. The molecule has 1 aromatic carbocycles. The third-order valence-corrected chi connectivity index (χ3v) is 5.74. The van der Waals surface area contributed by atoms with E-state index in [0.29, 0.717) is 23.8 Å². The molecule has 3 saturated heterocycles. The van der Waals surface area contributed by atoms with Crippen molar-refractivity contribution in [1.82, 2.24) is 9.80 Å². The van der Waals surface area contributed by atoms with Crippen molar-refractivity contribution in [1.29, 1.82) is 0 Å². The Labute approximate surface area is 133 Å². The van der Waals surface area contributed by atoms with Gasteiger partial charge in [-0.25, -0.2) is 0 Å². The Bertz CT molecular complexity index is 570. The van der Waals surface area contributed by atoms with Crippen LogP contribution < -0.4 is 0 Å². The Morgan fingerprint density at radius 3 is 3.00 bits per heavy atom. The van der Waals surface area contributed by atoms with Crippen LogP contribution in [0, 0.1) is 18.8 Å². The van der Waals surface area contributed by atoms with Crippen LogP contribution in [0.4, 0.5) is 0 Å². The molecule has 2 bridgehead atoms. The number of piperidine rings is 3. The zero-order valence-corrected chi connectivity index (χ0v) is 13.5. The Morgan fingerprint density at radius 2 is 2.14 bits per heavy atom. The van der Waals surface area contributed by atoms with Crippen LogP contribution in [0.3, 0.4) is 0 Å². The van der Waals surface area contributed by atoms with Gasteiger partial charge in [0.15, 0.2) is 0 Å². The highest BCUT2D eigenvalue weighted by molar-refractivity contribution is 5.77. The molecule has 0 spiro atoms. The number of nitrogens with zero attached hydrogens (tertiary/aromatic N) is 2. The van der Waals surface area contributed by atoms with Crippen molar-refractivity contribution < 1.29 is 4.79 Å². The number of hydrogen-bond donors (Lipinski definition) is 0. The zero-order valence-electron chi connectivity index (χ0n) is 13.5. The van der Waals surface area contributed by atoms with Gasteiger partial charge in [0.25, 0.3) is 0 Å². The molecule has 118 valence electrons. The number of fused-ring (bicyclic) bond motifs is 4. The van der Waals surface area contributed by atoms with Gasteiger partial charge in [-0.15, -0.1) is 0 Å². The van der Waals surface area contributed by atoms with E-state index in [2.05, 4.69) is 41.0 Å². The topological polar surface area (TPSA) is 23.6 Å². The molecule has 3 heteroatoms. The first kappa shape index (κ1) is 14.3. The lowest BCUT2D eigenvalue weighted by Crippen LogP contribution is -2.60. The van der Waals surface area contributed by atoms with Gasteiger partial charge in [-0.05, 0) is 43.6 Å². The van der Waals surface area contributed by atoms with Gasteiger partial charge in [0.1, 0.15) is 0 Å². The van der Waals surface area contributed by atoms with E-state index >= 15 is 0 Å². The summed E-state index contributed by atoms with van der Waals surface area (Å²) >= 11 is 0. The van der Waals surface area contributed by atoms with Gasteiger partial charge in [0, 0.05) is 38.6 Å². The van der Waals surface area contributed by atoms with Gasteiger partial charge in [0.2, 0.25) is 5.91 Å². The van der Waals surface area contributed by atoms with Crippen molar-refractivity contribution in [2.24, 2.45) is 11.8 Å². The van der Waals surface area contributed by atoms with Crippen LogP contribution >= 0.6 is 0 Å². The number of rotatable bonds is 2. The van der Waals surface area contributed by atoms with Crippen molar-refractivity contribution in [3.05, 3.63) is 35.4 Å². The molecule has 1 aromatic rings. The summed E-state index contributed by atoms with van der Waals surface area (Å²) in [7, 11) is 0. The van der Waals surface area contributed by atoms with Gasteiger partial charge in [-0.3, -0.25) is 9.69 Å². The summed E-state index contributed by atoms with van der Waals surface area (Å²) in [6.07, 6.45) is 4.43. The van der Waals surface area contributed by atoms with Crippen molar-refractivity contribution in [2.75, 3.05) is 19.6 Å². The van der Waals surface area contributed by atoms with E-state index in [1.165, 1.54) is 30.5 Å². The van der Waals surface area contributed by atoms with Crippen LogP contribution in [0.2, 0.25) is 0 Å². The molecule has 0 N–H and O–H groups in total. The van der Waals surface area contributed by atoms with Crippen LogP contribution in [-0.4, -0.2) is 41.4 Å². The predicted molar refractivity (Wildman–Crippen MR) is 87.4 cm³/mol. The number of amides is 1. The summed E-state index contributed by atoms with van der Waals surface area (Å²) in [5, 5.41) is 0. The van der Waals surface area contributed by atoms with Crippen LogP contribution in [0.15, 0.2) is 24.3 Å². The Kier molecular flexibility index (Phi) is 3.69. The van der Waals surface area contributed by atoms with Gasteiger partial charge in [0.05, 0.1) is 0 Å². The Morgan fingerprint density at radius 1 is 1.23 bits per heavy atom. The first-order valence-electron chi connectivity index (χ1n) is 8.76. The van der Waals surface area contributed by atoms with Gasteiger partial charge >= 0.3 is 0 Å². The Balaban J connectivity index is 1.47. The van der Waals surface area contributed by atoms with Gasteiger partial charge < -0.3 is 4.90 Å². The molecular weight excluding hydrogens is 272 g/mol. The molecule has 3 fully saturated rings. The summed E-state index contributed by atoms with van der Waals surface area (Å²) in [6, 6.07) is 9.41. The third kappa shape index (κ3) is 2.67. The minimum atomic E-state index is 0.415. The SMILES string of the molecule is Cc1cccc(CN2C[C@@H]3C[C@@H](C2)[C@@H]2CCCC(=O)N2C3)c1. The van der Waals surface area contributed by atoms with Crippen LogP contribution in [0.25, 0.3) is 0 Å². The molecule has 4 rings (SSSR count). The molecule has 3 heterocycles. The molecule has 0 unspecified atom stereocenters. The highest BCUT2D eigenvalue weighted by Gasteiger charge is 2.43. The number of carbonyl (C=O) groups excluding carboxylic acids is 1. The minimum Gasteiger partial charge on any atom is -0.339 e. The summed E-state index contributed by atoms with van der Waals surface area (Å²) in [6.45, 7) is 6.56. The Hall–Kier alpha value is -1.35. The fourth-order valence-electron chi connectivity index (χ4n) is 4.91. The molecule has 3 aliphatic rings. The van der Waals surface area contributed by atoms with Crippen LogP contribution in [-0.2, 0) is 11.3 Å². The molecule has 1 amide bonds. The number of aryl methyl sites for hydroxylation is 1. The number of likely N-dealkylation sites (tertiary alicyclic amines) is 1. The van der Waals surface area contributed by atoms with E-state index < -0.39 is 0 Å². The van der Waals surface area contributed by atoms with Crippen LogP contribution in [0.1, 0.15) is 36.8 Å². The maximum absolute atomic E-state index is 12.2. The molecule has 0 aromatic heterocycles. The average Bonchev–Trinajstić information content (AvgIpc) is 2.48. The van der Waals surface area contributed by atoms with Crippen molar-refractivity contribution in [2.45, 2.75) is 45.2 Å². The zero-order chi connectivity index (χ0) is 15.1. The molecular formula is C19H26N2O.